The summed E-state index contributed by atoms with van der Waals surface area (Å²) in [6.45, 7) is 5.35. The lowest BCUT2D eigenvalue weighted by molar-refractivity contribution is -0.132. The molecule has 1 aromatic rings. The minimum Gasteiger partial charge on any atom is -0.349 e. The third-order valence-corrected chi connectivity index (χ3v) is 5.90. The van der Waals surface area contributed by atoms with Crippen LogP contribution in [0.5, 0.6) is 0 Å². The molecule has 3 rings (SSSR count). The quantitative estimate of drug-likeness (QED) is 0.867. The van der Waals surface area contributed by atoms with Crippen molar-refractivity contribution in [1.82, 2.24) is 14.7 Å². The number of benzene rings is 1. The van der Waals surface area contributed by atoms with Crippen LogP contribution in [0.3, 0.4) is 0 Å². The monoisotopic (exact) mass is 386 g/mol. The number of hydrogen-bond acceptors (Lipinski definition) is 3. The smallest absolute Gasteiger partial charge is 0.321 e. The predicted octanol–water partition coefficient (Wildman–Crippen LogP) is 2.39. The van der Waals surface area contributed by atoms with Crippen LogP contribution < -0.4 is 5.32 Å². The van der Waals surface area contributed by atoms with Crippen LogP contribution in [0.25, 0.3) is 0 Å². The predicted molar refractivity (Wildman–Crippen MR) is 108 cm³/mol. The minimum absolute atomic E-state index is 0.0278. The van der Waals surface area contributed by atoms with Gasteiger partial charge in [-0.15, -0.1) is 0 Å². The SMILES string of the molecule is CCC(C)C1C(=O)Nc2ccccc2CN1C(=O)N1CCC(C(=O)N(C)C)C1. The lowest BCUT2D eigenvalue weighted by Crippen LogP contribution is -2.53. The number of carbonyl (C=O) groups excluding carboxylic acids is 3. The topological polar surface area (TPSA) is 73.0 Å². The average Bonchev–Trinajstić information content (AvgIpc) is 3.11. The van der Waals surface area contributed by atoms with Crippen LogP contribution >= 0.6 is 0 Å². The summed E-state index contributed by atoms with van der Waals surface area (Å²) < 4.78 is 0. The molecule has 152 valence electrons. The van der Waals surface area contributed by atoms with Gasteiger partial charge in [-0.3, -0.25) is 9.59 Å². The molecule has 1 aromatic carbocycles. The fourth-order valence-corrected chi connectivity index (χ4v) is 4.07. The molecule has 2 aliphatic heterocycles. The van der Waals surface area contributed by atoms with Gasteiger partial charge in [0, 0.05) is 32.9 Å². The summed E-state index contributed by atoms with van der Waals surface area (Å²) in [6.07, 6.45) is 1.45. The number of likely N-dealkylation sites (tertiary alicyclic amines) is 1. The molecular weight excluding hydrogens is 356 g/mol. The maximum atomic E-state index is 13.4. The Labute approximate surface area is 166 Å². The number of hydrogen-bond donors (Lipinski definition) is 1. The van der Waals surface area contributed by atoms with E-state index in [0.29, 0.717) is 26.1 Å². The number of nitrogens with zero attached hydrogens (tertiary/aromatic N) is 3. The summed E-state index contributed by atoms with van der Waals surface area (Å²) in [4.78, 5) is 43.7. The van der Waals surface area contributed by atoms with E-state index in [0.717, 1.165) is 17.7 Å². The zero-order valence-electron chi connectivity index (χ0n) is 17.1. The van der Waals surface area contributed by atoms with Gasteiger partial charge in [0.25, 0.3) is 0 Å². The van der Waals surface area contributed by atoms with E-state index < -0.39 is 6.04 Å². The van der Waals surface area contributed by atoms with Crippen molar-refractivity contribution in [2.24, 2.45) is 11.8 Å². The van der Waals surface area contributed by atoms with Crippen molar-refractivity contribution in [3.8, 4) is 0 Å². The average molecular weight is 386 g/mol. The first-order valence-corrected chi connectivity index (χ1v) is 9.99. The number of rotatable bonds is 3. The lowest BCUT2D eigenvalue weighted by atomic mass is 9.97. The molecule has 0 radical (unpaired) electrons. The Balaban J connectivity index is 1.87. The summed E-state index contributed by atoms with van der Waals surface area (Å²) in [5.74, 6) is -0.241. The van der Waals surface area contributed by atoms with Crippen molar-refractivity contribution in [2.45, 2.75) is 39.3 Å². The van der Waals surface area contributed by atoms with Crippen LogP contribution in [-0.2, 0) is 16.1 Å². The molecule has 7 nitrogen and oxygen atoms in total. The number of anilines is 1. The van der Waals surface area contributed by atoms with Gasteiger partial charge in [0.15, 0.2) is 0 Å². The first-order chi connectivity index (χ1) is 13.3. The highest BCUT2D eigenvalue weighted by Crippen LogP contribution is 2.29. The zero-order chi connectivity index (χ0) is 20.4. The first-order valence-electron chi connectivity index (χ1n) is 9.99. The van der Waals surface area contributed by atoms with Crippen LogP contribution in [0.15, 0.2) is 24.3 Å². The number of carbonyl (C=O) groups is 3. The number of amides is 4. The Kier molecular flexibility index (Phi) is 5.91. The molecule has 2 heterocycles. The molecule has 0 spiro atoms. The van der Waals surface area contributed by atoms with Crippen LogP contribution in [0.2, 0.25) is 0 Å². The third-order valence-electron chi connectivity index (χ3n) is 5.90. The van der Waals surface area contributed by atoms with Crippen LogP contribution in [-0.4, -0.2) is 65.8 Å². The fourth-order valence-electron chi connectivity index (χ4n) is 4.07. The molecule has 0 saturated carbocycles. The summed E-state index contributed by atoms with van der Waals surface area (Å²) in [6, 6.07) is 6.92. The highest BCUT2D eigenvalue weighted by molar-refractivity contribution is 5.99. The molecule has 3 atom stereocenters. The molecule has 4 amide bonds. The molecule has 7 heteroatoms. The van der Waals surface area contributed by atoms with Gasteiger partial charge in [0.05, 0.1) is 12.5 Å². The Hall–Kier alpha value is -2.57. The molecule has 0 aromatic heterocycles. The molecular formula is C21H30N4O3. The maximum absolute atomic E-state index is 13.4. The van der Waals surface area contributed by atoms with E-state index in [1.807, 2.05) is 38.1 Å². The largest absolute Gasteiger partial charge is 0.349 e. The molecule has 1 N–H and O–H groups in total. The number of urea groups is 1. The van der Waals surface area contributed by atoms with Crippen molar-refractivity contribution in [3.05, 3.63) is 29.8 Å². The summed E-state index contributed by atoms with van der Waals surface area (Å²) in [5, 5.41) is 2.99. The first kappa shape index (κ1) is 20.2. The van der Waals surface area contributed by atoms with E-state index in [-0.39, 0.29) is 29.7 Å². The molecule has 1 fully saturated rings. The molecule has 0 bridgehead atoms. The lowest BCUT2D eigenvalue weighted by Gasteiger charge is -2.35. The van der Waals surface area contributed by atoms with Crippen LogP contribution in [0.4, 0.5) is 10.5 Å². The van der Waals surface area contributed by atoms with Crippen molar-refractivity contribution < 1.29 is 14.4 Å². The molecule has 1 saturated heterocycles. The van der Waals surface area contributed by atoms with E-state index in [1.54, 1.807) is 28.8 Å². The number of para-hydroxylation sites is 1. The van der Waals surface area contributed by atoms with E-state index in [9.17, 15) is 14.4 Å². The fraction of sp³-hybridized carbons (Fsp3) is 0.571. The van der Waals surface area contributed by atoms with Crippen molar-refractivity contribution >= 4 is 23.5 Å². The van der Waals surface area contributed by atoms with Crippen molar-refractivity contribution in [2.75, 3.05) is 32.5 Å². The van der Waals surface area contributed by atoms with Gasteiger partial charge in [-0.2, -0.15) is 0 Å². The zero-order valence-corrected chi connectivity index (χ0v) is 17.1. The maximum Gasteiger partial charge on any atom is 0.321 e. The molecule has 2 aliphatic rings. The van der Waals surface area contributed by atoms with Gasteiger partial charge in [-0.1, -0.05) is 38.5 Å². The van der Waals surface area contributed by atoms with Crippen molar-refractivity contribution in [1.29, 1.82) is 0 Å². The Bertz CT molecular complexity index is 764. The highest BCUT2D eigenvalue weighted by Gasteiger charge is 2.41. The van der Waals surface area contributed by atoms with Crippen LogP contribution in [0, 0.1) is 11.8 Å². The second-order valence-corrected chi connectivity index (χ2v) is 8.05. The molecule has 28 heavy (non-hydrogen) atoms. The Morgan fingerprint density at radius 3 is 2.68 bits per heavy atom. The van der Waals surface area contributed by atoms with E-state index >= 15 is 0 Å². The van der Waals surface area contributed by atoms with Gasteiger partial charge in [0.1, 0.15) is 6.04 Å². The Morgan fingerprint density at radius 1 is 1.29 bits per heavy atom. The van der Waals surface area contributed by atoms with Crippen LogP contribution in [0.1, 0.15) is 32.3 Å². The van der Waals surface area contributed by atoms with Gasteiger partial charge in [0.2, 0.25) is 11.8 Å². The standard InChI is InChI=1S/C21H30N4O3/c1-5-14(2)18-19(26)22-17-9-7-6-8-15(17)13-25(18)21(28)24-11-10-16(12-24)20(27)23(3)4/h6-9,14,16,18H,5,10-13H2,1-4H3,(H,22,26). The molecule has 3 unspecified atom stereocenters. The normalized spacial score (nSPS) is 22.9. The summed E-state index contributed by atoms with van der Waals surface area (Å²) >= 11 is 0. The summed E-state index contributed by atoms with van der Waals surface area (Å²) in [5.41, 5.74) is 1.69. The van der Waals surface area contributed by atoms with E-state index in [1.165, 1.54) is 0 Å². The number of nitrogens with one attached hydrogen (secondary N) is 1. The van der Waals surface area contributed by atoms with Gasteiger partial charge in [-0.05, 0) is 24.0 Å². The minimum atomic E-state index is -0.534. The van der Waals surface area contributed by atoms with E-state index in [4.69, 9.17) is 0 Å². The van der Waals surface area contributed by atoms with E-state index in [2.05, 4.69) is 5.32 Å². The molecule has 0 aliphatic carbocycles. The Morgan fingerprint density at radius 2 is 2.00 bits per heavy atom. The summed E-state index contributed by atoms with van der Waals surface area (Å²) in [7, 11) is 3.48. The second-order valence-electron chi connectivity index (χ2n) is 8.05. The number of fused-ring (bicyclic) bond motifs is 1. The van der Waals surface area contributed by atoms with Crippen molar-refractivity contribution in [3.63, 3.8) is 0 Å². The van der Waals surface area contributed by atoms with Gasteiger partial charge in [-0.25, -0.2) is 4.79 Å². The second kappa shape index (κ2) is 8.20. The highest BCUT2D eigenvalue weighted by atomic mass is 16.2. The van der Waals surface area contributed by atoms with Gasteiger partial charge >= 0.3 is 6.03 Å². The third kappa shape index (κ3) is 3.84. The van der Waals surface area contributed by atoms with Gasteiger partial charge < -0.3 is 20.0 Å².